The normalized spacial score (nSPS) is 28.7. The van der Waals surface area contributed by atoms with E-state index in [0.717, 1.165) is 24.8 Å². The van der Waals surface area contributed by atoms with E-state index in [-0.39, 0.29) is 24.8 Å². The van der Waals surface area contributed by atoms with Gasteiger partial charge in [0.15, 0.2) is 0 Å². The zero-order valence-corrected chi connectivity index (χ0v) is 23.6. The van der Waals surface area contributed by atoms with Crippen LogP contribution >= 0.6 is 11.6 Å². The lowest BCUT2D eigenvalue weighted by molar-refractivity contribution is -0.161. The van der Waals surface area contributed by atoms with Crippen molar-refractivity contribution < 1.29 is 23.9 Å². The lowest BCUT2D eigenvalue weighted by Crippen LogP contribution is -2.58. The Balaban J connectivity index is 1.27. The molecule has 1 heterocycles. The minimum Gasteiger partial charge on any atom is -0.462 e. The lowest BCUT2D eigenvalue weighted by Gasteiger charge is -2.57. The maximum Gasteiger partial charge on any atom is 0.338 e. The van der Waals surface area contributed by atoms with Crippen LogP contribution in [0.5, 0.6) is 0 Å². The van der Waals surface area contributed by atoms with Crippen LogP contribution in [-0.4, -0.2) is 47.8 Å². The fourth-order valence-electron chi connectivity index (χ4n) is 8.11. The Labute approximate surface area is 239 Å². The van der Waals surface area contributed by atoms with E-state index >= 15 is 0 Å². The Hall–Kier alpha value is -3.19. The Morgan fingerprint density at radius 3 is 2.25 bits per heavy atom. The van der Waals surface area contributed by atoms with Crippen LogP contribution in [0, 0.1) is 23.2 Å². The van der Waals surface area contributed by atoms with Gasteiger partial charge in [-0.3, -0.25) is 14.4 Å². The Morgan fingerprint density at radius 1 is 1.00 bits per heavy atom. The number of halogens is 1. The number of hydrogen-bond donors (Lipinski definition) is 0. The first-order chi connectivity index (χ1) is 19.3. The first-order valence-corrected chi connectivity index (χ1v) is 14.8. The van der Waals surface area contributed by atoms with Crippen LogP contribution in [-0.2, 0) is 25.5 Å². The highest BCUT2D eigenvalue weighted by molar-refractivity contribution is 6.30. The summed E-state index contributed by atoms with van der Waals surface area (Å²) in [6, 6.07) is 13.0. The number of hydrogen-bond acceptors (Lipinski definition) is 5. The van der Waals surface area contributed by atoms with Crippen LogP contribution in [0.3, 0.4) is 0 Å². The van der Waals surface area contributed by atoms with Gasteiger partial charge < -0.3 is 9.64 Å². The number of anilines is 1. The number of benzene rings is 2. The molecule has 1 unspecified atom stereocenters. The standard InChI is InChI=1S/C32H35ClN2O5/c1-2-40-30(38)24-6-8-26(9-7-24)35-28(36)16-27(29(35)37)34(11-10-20-4-3-5-25(33)15-20)31(39)32-17-21-12-22(18-32)14-23(13-21)19-32/h3-9,15,21-23,27H,2,10-14,16-19H2,1H3. The van der Waals surface area contributed by atoms with Crippen LogP contribution in [0.4, 0.5) is 5.69 Å². The molecule has 1 saturated heterocycles. The van der Waals surface area contributed by atoms with Crippen LogP contribution in [0.2, 0.25) is 5.02 Å². The largest absolute Gasteiger partial charge is 0.462 e. The first-order valence-electron chi connectivity index (χ1n) is 14.5. The average molecular weight is 563 g/mol. The number of carbonyl (C=O) groups excluding carboxylic acids is 4. The molecular formula is C32H35ClN2O5. The molecule has 1 atom stereocenters. The summed E-state index contributed by atoms with van der Waals surface area (Å²) in [4.78, 5) is 56.6. The summed E-state index contributed by atoms with van der Waals surface area (Å²) in [5, 5.41) is 0.626. The summed E-state index contributed by atoms with van der Waals surface area (Å²) in [6.07, 6.45) is 6.80. The molecule has 7 rings (SSSR count). The number of esters is 1. The number of ether oxygens (including phenoxy) is 1. The highest BCUT2D eigenvalue weighted by Gasteiger charge is 2.57. The molecule has 4 saturated carbocycles. The van der Waals surface area contributed by atoms with Crippen molar-refractivity contribution in [1.29, 1.82) is 0 Å². The van der Waals surface area contributed by atoms with Crippen LogP contribution in [0.15, 0.2) is 48.5 Å². The van der Waals surface area contributed by atoms with Gasteiger partial charge in [0.05, 0.1) is 29.7 Å². The molecule has 2 aromatic rings. The molecule has 0 spiro atoms. The topological polar surface area (TPSA) is 84.0 Å². The Morgan fingerprint density at radius 2 is 1.65 bits per heavy atom. The number of carbonyl (C=O) groups is 4. The summed E-state index contributed by atoms with van der Waals surface area (Å²) >= 11 is 6.22. The van der Waals surface area contributed by atoms with Crippen molar-refractivity contribution in [2.24, 2.45) is 23.2 Å². The number of amides is 3. The molecule has 1 aliphatic heterocycles. The van der Waals surface area contributed by atoms with Crippen LogP contribution in [0.25, 0.3) is 0 Å². The molecule has 8 heteroatoms. The van der Waals surface area contributed by atoms with Gasteiger partial charge in [0.25, 0.3) is 5.91 Å². The van der Waals surface area contributed by atoms with Gasteiger partial charge in [-0.25, -0.2) is 9.69 Å². The molecule has 4 bridgehead atoms. The van der Waals surface area contributed by atoms with E-state index in [1.54, 1.807) is 36.1 Å². The quantitative estimate of drug-likeness (QED) is 0.316. The van der Waals surface area contributed by atoms with E-state index < -0.39 is 23.3 Å². The second-order valence-corrected chi connectivity index (χ2v) is 12.6. The van der Waals surface area contributed by atoms with Crippen LogP contribution in [0.1, 0.15) is 67.8 Å². The van der Waals surface area contributed by atoms with Crippen molar-refractivity contribution in [2.75, 3.05) is 18.1 Å². The summed E-state index contributed by atoms with van der Waals surface area (Å²) in [5.74, 6) is 0.600. The van der Waals surface area contributed by atoms with E-state index in [1.165, 1.54) is 24.2 Å². The third kappa shape index (κ3) is 4.93. The van der Waals surface area contributed by atoms with Gasteiger partial charge in [-0.2, -0.15) is 0 Å². The van der Waals surface area contributed by atoms with Gasteiger partial charge in [-0.05, 0) is 112 Å². The molecule has 3 amide bonds. The van der Waals surface area contributed by atoms with E-state index in [0.29, 0.717) is 47.0 Å². The highest BCUT2D eigenvalue weighted by Crippen LogP contribution is 2.60. The molecule has 0 radical (unpaired) electrons. The molecule has 7 nitrogen and oxygen atoms in total. The van der Waals surface area contributed by atoms with Crippen molar-refractivity contribution in [3.8, 4) is 0 Å². The first kappa shape index (κ1) is 27.0. The molecule has 5 fully saturated rings. The molecule has 0 N–H and O–H groups in total. The number of imide groups is 1. The summed E-state index contributed by atoms with van der Waals surface area (Å²) in [5.41, 5.74) is 1.30. The fourth-order valence-corrected chi connectivity index (χ4v) is 8.32. The lowest BCUT2D eigenvalue weighted by atomic mass is 9.49. The fraction of sp³-hybridized carbons (Fsp3) is 0.500. The number of rotatable bonds is 8. The summed E-state index contributed by atoms with van der Waals surface area (Å²) < 4.78 is 5.04. The zero-order valence-electron chi connectivity index (χ0n) is 22.8. The second-order valence-electron chi connectivity index (χ2n) is 12.1. The molecule has 2 aromatic carbocycles. The maximum atomic E-state index is 14.5. The molecule has 210 valence electrons. The second kappa shape index (κ2) is 10.7. The maximum absolute atomic E-state index is 14.5. The van der Waals surface area contributed by atoms with E-state index in [2.05, 4.69) is 0 Å². The SMILES string of the molecule is CCOC(=O)c1ccc(N2C(=O)CC(N(CCc3cccc(Cl)c3)C(=O)C34CC5CC(CC(C5)C3)C4)C2=O)cc1. The number of nitrogens with zero attached hydrogens (tertiary/aromatic N) is 2. The molecule has 40 heavy (non-hydrogen) atoms. The van der Waals surface area contributed by atoms with Crippen LogP contribution < -0.4 is 4.90 Å². The van der Waals surface area contributed by atoms with Gasteiger partial charge in [0.2, 0.25) is 11.8 Å². The molecule has 5 aliphatic rings. The van der Waals surface area contributed by atoms with Crippen molar-refractivity contribution in [2.45, 2.75) is 64.3 Å². The molecular weight excluding hydrogens is 528 g/mol. The minimum atomic E-state index is -0.850. The summed E-state index contributed by atoms with van der Waals surface area (Å²) in [6.45, 7) is 2.34. The zero-order chi connectivity index (χ0) is 28.0. The Kier molecular flexibility index (Phi) is 7.19. The Bertz CT molecular complexity index is 1300. The predicted molar refractivity (Wildman–Crippen MR) is 151 cm³/mol. The van der Waals surface area contributed by atoms with E-state index in [1.807, 2.05) is 24.3 Å². The minimum absolute atomic E-state index is 0.0410. The smallest absolute Gasteiger partial charge is 0.338 e. The van der Waals surface area contributed by atoms with Crippen molar-refractivity contribution in [3.63, 3.8) is 0 Å². The van der Waals surface area contributed by atoms with Crippen molar-refractivity contribution >= 4 is 41.0 Å². The van der Waals surface area contributed by atoms with Crippen molar-refractivity contribution in [1.82, 2.24) is 4.90 Å². The summed E-state index contributed by atoms with van der Waals surface area (Å²) in [7, 11) is 0. The predicted octanol–water partition coefficient (Wildman–Crippen LogP) is 5.44. The monoisotopic (exact) mass is 562 g/mol. The van der Waals surface area contributed by atoms with Gasteiger partial charge in [0, 0.05) is 11.6 Å². The van der Waals surface area contributed by atoms with Crippen molar-refractivity contribution in [3.05, 3.63) is 64.7 Å². The van der Waals surface area contributed by atoms with E-state index in [4.69, 9.17) is 16.3 Å². The molecule has 4 aliphatic carbocycles. The highest BCUT2D eigenvalue weighted by atomic mass is 35.5. The van der Waals surface area contributed by atoms with Gasteiger partial charge >= 0.3 is 5.97 Å². The van der Waals surface area contributed by atoms with Gasteiger partial charge in [0.1, 0.15) is 6.04 Å². The van der Waals surface area contributed by atoms with E-state index in [9.17, 15) is 19.2 Å². The van der Waals surface area contributed by atoms with Gasteiger partial charge in [-0.15, -0.1) is 0 Å². The molecule has 0 aromatic heterocycles. The third-order valence-corrected chi connectivity index (χ3v) is 9.65. The average Bonchev–Trinajstić information content (AvgIpc) is 3.21. The third-order valence-electron chi connectivity index (χ3n) is 9.42. The van der Waals surface area contributed by atoms with Gasteiger partial charge in [-0.1, -0.05) is 23.7 Å².